The topological polar surface area (TPSA) is 62.7 Å². The van der Waals surface area contributed by atoms with E-state index in [2.05, 4.69) is 18.8 Å². The van der Waals surface area contributed by atoms with Crippen molar-refractivity contribution < 1.29 is 14.3 Å². The minimum absolute atomic E-state index is 0.0157. The van der Waals surface area contributed by atoms with Crippen molar-refractivity contribution in [3.63, 3.8) is 0 Å². The van der Waals surface area contributed by atoms with E-state index in [9.17, 15) is 9.59 Å². The molecule has 3 rings (SSSR count). The maximum Gasteiger partial charge on any atom is 0.260 e. The van der Waals surface area contributed by atoms with Crippen molar-refractivity contribution in [3.8, 4) is 5.75 Å². The summed E-state index contributed by atoms with van der Waals surface area (Å²) in [6.45, 7) is 4.72. The normalized spacial score (nSPS) is 18.9. The van der Waals surface area contributed by atoms with Gasteiger partial charge in [0.25, 0.3) is 11.8 Å². The summed E-state index contributed by atoms with van der Waals surface area (Å²) >= 11 is 0. The van der Waals surface area contributed by atoms with E-state index in [0.29, 0.717) is 17.9 Å². The molecule has 0 saturated carbocycles. The highest BCUT2D eigenvalue weighted by atomic mass is 16.5. The highest BCUT2D eigenvalue weighted by Crippen LogP contribution is 2.23. The molecule has 0 aliphatic carbocycles. The molecule has 0 spiro atoms. The second-order valence-electron chi connectivity index (χ2n) is 7.76. The van der Waals surface area contributed by atoms with Crippen LogP contribution in [0, 0.1) is 0 Å². The van der Waals surface area contributed by atoms with Crippen molar-refractivity contribution >= 4 is 11.8 Å². The third-order valence-electron chi connectivity index (χ3n) is 5.46. The smallest absolute Gasteiger partial charge is 0.260 e. The lowest BCUT2D eigenvalue weighted by Crippen LogP contribution is -2.49. The maximum atomic E-state index is 12.6. The highest BCUT2D eigenvalue weighted by Gasteiger charge is 2.29. The Labute approximate surface area is 172 Å². The Balaban J connectivity index is 1.54. The number of hydrogen-bond donors (Lipinski definition) is 0. The molecule has 29 heavy (non-hydrogen) atoms. The zero-order valence-corrected chi connectivity index (χ0v) is 17.4. The molecule has 0 bridgehead atoms. The van der Waals surface area contributed by atoms with Gasteiger partial charge in [0.05, 0.1) is 0 Å². The summed E-state index contributed by atoms with van der Waals surface area (Å²) in [6.07, 6.45) is 6.68. The first-order chi connectivity index (χ1) is 14.0. The van der Waals surface area contributed by atoms with Gasteiger partial charge in [-0.2, -0.15) is 0 Å². The molecule has 6 heteroatoms. The quantitative estimate of drug-likeness (QED) is 0.751. The second kappa shape index (κ2) is 9.54. The van der Waals surface area contributed by atoms with Crippen molar-refractivity contribution in [1.29, 1.82) is 0 Å². The fraction of sp³-hybridized carbons (Fsp3) is 0.435. The van der Waals surface area contributed by atoms with Crippen LogP contribution in [0.2, 0.25) is 0 Å². The Kier molecular flexibility index (Phi) is 6.86. The Morgan fingerprint density at radius 1 is 1.07 bits per heavy atom. The summed E-state index contributed by atoms with van der Waals surface area (Å²) < 4.78 is 5.69. The molecule has 2 unspecified atom stereocenters. The molecule has 1 saturated heterocycles. The number of benzene rings is 1. The first kappa shape index (κ1) is 20.8. The van der Waals surface area contributed by atoms with Gasteiger partial charge >= 0.3 is 0 Å². The predicted molar refractivity (Wildman–Crippen MR) is 112 cm³/mol. The molecule has 1 fully saturated rings. The molecule has 154 valence electrons. The predicted octanol–water partition coefficient (Wildman–Crippen LogP) is 3.52. The van der Waals surface area contributed by atoms with Crippen LogP contribution >= 0.6 is 0 Å². The lowest BCUT2D eigenvalue weighted by molar-refractivity contribution is -0.139. The van der Waals surface area contributed by atoms with Gasteiger partial charge in [0.1, 0.15) is 5.75 Å². The van der Waals surface area contributed by atoms with Crippen LogP contribution in [0.1, 0.15) is 49.0 Å². The monoisotopic (exact) mass is 395 g/mol. The van der Waals surface area contributed by atoms with Gasteiger partial charge in [-0.25, -0.2) is 0 Å². The zero-order valence-electron chi connectivity index (χ0n) is 17.4. The Hall–Kier alpha value is -2.89. The molecule has 0 radical (unpaired) electrons. The molecule has 1 aromatic heterocycles. The number of pyridine rings is 1. The van der Waals surface area contributed by atoms with E-state index in [1.54, 1.807) is 48.6 Å². The summed E-state index contributed by atoms with van der Waals surface area (Å²) in [5.74, 6) is 0.534. The fourth-order valence-electron chi connectivity index (χ4n) is 3.88. The Bertz CT molecular complexity index is 813. The van der Waals surface area contributed by atoms with E-state index in [1.807, 2.05) is 17.0 Å². The number of piperidine rings is 1. The highest BCUT2D eigenvalue weighted by molar-refractivity contribution is 5.94. The lowest BCUT2D eigenvalue weighted by Gasteiger charge is -2.38. The molecule has 1 aromatic carbocycles. The number of rotatable bonds is 6. The Morgan fingerprint density at radius 2 is 1.69 bits per heavy atom. The molecule has 1 aliphatic rings. The van der Waals surface area contributed by atoms with Gasteiger partial charge < -0.3 is 14.5 Å². The molecule has 2 amide bonds. The molecule has 1 aliphatic heterocycles. The van der Waals surface area contributed by atoms with Crippen LogP contribution in [0.5, 0.6) is 5.75 Å². The van der Waals surface area contributed by atoms with Crippen LogP contribution in [-0.2, 0) is 11.3 Å². The average Bonchev–Trinajstić information content (AvgIpc) is 2.72. The minimum Gasteiger partial charge on any atom is -0.484 e. The zero-order chi connectivity index (χ0) is 20.8. The van der Waals surface area contributed by atoms with Gasteiger partial charge in [-0.05, 0) is 75.1 Å². The summed E-state index contributed by atoms with van der Waals surface area (Å²) in [4.78, 5) is 32.8. The summed E-state index contributed by atoms with van der Waals surface area (Å²) in [6, 6.07) is 11.2. The molecule has 0 N–H and O–H groups in total. The van der Waals surface area contributed by atoms with Gasteiger partial charge in [0, 0.05) is 43.6 Å². The summed E-state index contributed by atoms with van der Waals surface area (Å²) in [5.41, 5.74) is 1.61. The number of carbonyl (C=O) groups excluding carboxylic acids is 2. The molecular weight excluding hydrogens is 366 g/mol. The third-order valence-corrected chi connectivity index (χ3v) is 5.46. The minimum atomic E-state index is -0.0691. The van der Waals surface area contributed by atoms with Crippen molar-refractivity contribution in [2.75, 3.05) is 13.7 Å². The number of carbonyl (C=O) groups is 2. The number of amides is 2. The van der Waals surface area contributed by atoms with Gasteiger partial charge in [-0.1, -0.05) is 0 Å². The van der Waals surface area contributed by atoms with E-state index >= 15 is 0 Å². The molecule has 6 nitrogen and oxygen atoms in total. The molecular formula is C23H29N3O3. The van der Waals surface area contributed by atoms with Crippen molar-refractivity contribution in [1.82, 2.24) is 14.8 Å². The maximum absolute atomic E-state index is 12.6. The fourth-order valence-corrected chi connectivity index (χ4v) is 3.88. The number of aromatic nitrogens is 1. The number of nitrogens with zero attached hydrogens (tertiary/aromatic N) is 3. The first-order valence-electron chi connectivity index (χ1n) is 10.1. The van der Waals surface area contributed by atoms with Crippen LogP contribution in [-0.4, -0.2) is 52.3 Å². The molecule has 2 atom stereocenters. The molecule has 2 heterocycles. The largest absolute Gasteiger partial charge is 0.484 e. The van der Waals surface area contributed by atoms with E-state index < -0.39 is 0 Å². The lowest BCUT2D eigenvalue weighted by atomic mass is 9.97. The number of ether oxygens (including phenoxy) is 1. The van der Waals surface area contributed by atoms with E-state index in [0.717, 1.165) is 24.8 Å². The van der Waals surface area contributed by atoms with E-state index in [4.69, 9.17) is 4.74 Å². The van der Waals surface area contributed by atoms with Gasteiger partial charge in [-0.3, -0.25) is 14.6 Å². The van der Waals surface area contributed by atoms with Crippen LogP contribution < -0.4 is 4.74 Å². The standard InChI is InChI=1S/C23H29N3O3/c1-17-5-4-6-18(2)26(17)22(27)16-29-21-9-7-20(8-10-21)23(28)25(3)15-19-11-13-24-14-12-19/h7-14,17-18H,4-6,15-16H2,1-3H3. The van der Waals surface area contributed by atoms with Gasteiger partial charge in [0.15, 0.2) is 6.61 Å². The van der Waals surface area contributed by atoms with E-state index in [-0.39, 0.29) is 30.5 Å². The number of hydrogen-bond acceptors (Lipinski definition) is 4. The average molecular weight is 396 g/mol. The van der Waals surface area contributed by atoms with E-state index in [1.165, 1.54) is 0 Å². The van der Waals surface area contributed by atoms with Crippen LogP contribution in [0.15, 0.2) is 48.8 Å². The van der Waals surface area contributed by atoms with Crippen molar-refractivity contribution in [2.24, 2.45) is 0 Å². The summed E-state index contributed by atoms with van der Waals surface area (Å²) in [5, 5.41) is 0. The van der Waals surface area contributed by atoms with Gasteiger partial charge in [-0.15, -0.1) is 0 Å². The first-order valence-corrected chi connectivity index (χ1v) is 10.1. The van der Waals surface area contributed by atoms with Crippen LogP contribution in [0.3, 0.4) is 0 Å². The van der Waals surface area contributed by atoms with Crippen molar-refractivity contribution in [3.05, 3.63) is 59.9 Å². The SMILES string of the molecule is CC1CCCC(C)N1C(=O)COc1ccc(C(=O)N(C)Cc2ccncc2)cc1. The summed E-state index contributed by atoms with van der Waals surface area (Å²) in [7, 11) is 1.77. The number of likely N-dealkylation sites (tertiary alicyclic amines) is 1. The van der Waals surface area contributed by atoms with Crippen molar-refractivity contribution in [2.45, 2.75) is 51.7 Å². The second-order valence-corrected chi connectivity index (χ2v) is 7.76. The molecule has 2 aromatic rings. The third kappa shape index (κ3) is 5.34. The Morgan fingerprint density at radius 3 is 2.31 bits per heavy atom. The van der Waals surface area contributed by atoms with Crippen LogP contribution in [0.25, 0.3) is 0 Å². The van der Waals surface area contributed by atoms with Crippen LogP contribution in [0.4, 0.5) is 0 Å². The van der Waals surface area contributed by atoms with Gasteiger partial charge in [0.2, 0.25) is 0 Å².